The van der Waals surface area contributed by atoms with Gasteiger partial charge in [0.15, 0.2) is 0 Å². The molecule has 0 aromatic rings. The van der Waals surface area contributed by atoms with Gasteiger partial charge in [0.2, 0.25) is 5.91 Å². The van der Waals surface area contributed by atoms with Crippen LogP contribution in [0, 0.1) is 0 Å². The Morgan fingerprint density at radius 2 is 1.02 bits per heavy atom. The van der Waals surface area contributed by atoms with Crippen molar-refractivity contribution in [3.05, 3.63) is 85.1 Å². The summed E-state index contributed by atoms with van der Waals surface area (Å²) < 4.78 is 23.1. The molecule has 0 aliphatic heterocycles. The minimum atomic E-state index is -4.62. The standard InChI is InChI=1S/C52H93N2O6P/c1-6-8-10-12-14-16-18-20-21-22-23-24-25-26-27-28-29-30-31-32-34-35-37-39-41-43-45-51(55)50(49-60-61(57,58)59-48-47-54(3,4)5)53-52(56)46-44-42-40-38-36-33-19-17-15-13-11-9-7-2/h9,11,15,17,30-31,33,35-37,40,42-43,45,50-51,55H,6-8,10,12-14,16,18-29,32,34,38-39,41,44,46-49H2,1-5H3,(H-,53,56,57,58)/b11-9-,17-15-,31-30+,36-33-,37-35+,42-40-,45-43+. The molecule has 352 valence electrons. The Balaban J connectivity index is 4.42. The lowest BCUT2D eigenvalue weighted by atomic mass is 10.0. The van der Waals surface area contributed by atoms with Crippen molar-refractivity contribution in [1.29, 1.82) is 0 Å². The van der Waals surface area contributed by atoms with E-state index < -0.39 is 26.6 Å². The van der Waals surface area contributed by atoms with Gasteiger partial charge in [-0.3, -0.25) is 9.36 Å². The van der Waals surface area contributed by atoms with Crippen LogP contribution in [0.5, 0.6) is 0 Å². The minimum absolute atomic E-state index is 0.0258. The third kappa shape index (κ3) is 45.5. The van der Waals surface area contributed by atoms with Crippen LogP contribution in [0.1, 0.15) is 187 Å². The molecule has 2 N–H and O–H groups in total. The molecule has 1 amide bonds. The van der Waals surface area contributed by atoms with E-state index in [1.807, 2.05) is 39.4 Å². The number of aliphatic hydroxyl groups excluding tert-OH is 1. The Morgan fingerprint density at radius 3 is 1.51 bits per heavy atom. The number of hydrogen-bond acceptors (Lipinski definition) is 6. The third-order valence-corrected chi connectivity index (χ3v) is 11.3. The summed E-state index contributed by atoms with van der Waals surface area (Å²) in [6.45, 7) is 4.43. The van der Waals surface area contributed by atoms with E-state index in [0.29, 0.717) is 23.9 Å². The van der Waals surface area contributed by atoms with Crippen molar-refractivity contribution in [2.24, 2.45) is 0 Å². The quantitative estimate of drug-likeness (QED) is 0.0273. The molecule has 0 spiro atoms. The van der Waals surface area contributed by atoms with Gasteiger partial charge >= 0.3 is 0 Å². The molecule has 0 bridgehead atoms. The second-order valence-corrected chi connectivity index (χ2v) is 18.8. The second kappa shape index (κ2) is 43.0. The molecule has 0 fully saturated rings. The van der Waals surface area contributed by atoms with Crippen LogP contribution in [-0.2, 0) is 18.4 Å². The molecule has 0 saturated carbocycles. The monoisotopic (exact) mass is 873 g/mol. The fourth-order valence-electron chi connectivity index (χ4n) is 6.49. The first-order valence-electron chi connectivity index (χ1n) is 24.4. The highest BCUT2D eigenvalue weighted by atomic mass is 31.2. The molecule has 61 heavy (non-hydrogen) atoms. The lowest BCUT2D eigenvalue weighted by Crippen LogP contribution is -2.45. The number of aliphatic hydroxyl groups is 1. The number of phosphoric ester groups is 1. The van der Waals surface area contributed by atoms with Crippen LogP contribution in [-0.4, -0.2) is 68.5 Å². The van der Waals surface area contributed by atoms with Gasteiger partial charge in [0.05, 0.1) is 39.9 Å². The Kier molecular flexibility index (Phi) is 41.3. The van der Waals surface area contributed by atoms with Crippen LogP contribution in [0.15, 0.2) is 85.1 Å². The van der Waals surface area contributed by atoms with E-state index in [1.54, 1.807) is 6.08 Å². The van der Waals surface area contributed by atoms with Crippen LogP contribution in [0.4, 0.5) is 0 Å². The average molecular weight is 873 g/mol. The molecule has 0 radical (unpaired) electrons. The zero-order valence-corrected chi connectivity index (χ0v) is 40.7. The van der Waals surface area contributed by atoms with Crippen LogP contribution >= 0.6 is 7.82 Å². The van der Waals surface area contributed by atoms with Crippen molar-refractivity contribution >= 4 is 13.7 Å². The summed E-state index contributed by atoms with van der Waals surface area (Å²) in [7, 11) is 1.18. The van der Waals surface area contributed by atoms with Crippen molar-refractivity contribution in [1.82, 2.24) is 5.32 Å². The number of likely N-dealkylation sites (N-methyl/N-ethyl adjacent to an activating group) is 1. The average Bonchev–Trinajstić information content (AvgIpc) is 3.21. The lowest BCUT2D eigenvalue weighted by molar-refractivity contribution is -0.870. The number of carbonyl (C=O) groups is 1. The van der Waals surface area contributed by atoms with Crippen molar-refractivity contribution in [2.75, 3.05) is 40.9 Å². The highest BCUT2D eigenvalue weighted by Crippen LogP contribution is 2.38. The summed E-state index contributed by atoms with van der Waals surface area (Å²) in [6, 6.07) is -0.952. The van der Waals surface area contributed by atoms with Crippen LogP contribution < -0.4 is 10.2 Å². The summed E-state index contributed by atoms with van der Waals surface area (Å²) in [6.07, 6.45) is 59.7. The Morgan fingerprint density at radius 1 is 0.590 bits per heavy atom. The maximum absolute atomic E-state index is 12.8. The summed E-state index contributed by atoms with van der Waals surface area (Å²) in [5, 5.41) is 13.7. The first kappa shape index (κ1) is 58.7. The SMILES string of the molecule is CC/C=C\C/C=C\C/C=C\C/C=C\CCC(=O)NC(COP(=O)([O-])OCC[N+](C)(C)C)C(O)/C=C/CC/C=C/CC/C=C/CCCCCCCCCCCCCCCCCC. The van der Waals surface area contributed by atoms with Crippen LogP contribution in [0.25, 0.3) is 0 Å². The Bertz CT molecular complexity index is 1260. The highest BCUT2D eigenvalue weighted by molar-refractivity contribution is 7.45. The molecule has 8 nitrogen and oxygen atoms in total. The smallest absolute Gasteiger partial charge is 0.268 e. The van der Waals surface area contributed by atoms with E-state index in [0.717, 1.165) is 44.9 Å². The molecule has 0 saturated heterocycles. The molecular formula is C52H93N2O6P. The number of nitrogens with zero attached hydrogens (tertiary/aromatic N) is 1. The van der Waals surface area contributed by atoms with Crippen LogP contribution in [0.2, 0.25) is 0 Å². The number of carbonyl (C=O) groups excluding carboxylic acids is 1. The second-order valence-electron chi connectivity index (χ2n) is 17.4. The predicted octanol–water partition coefficient (Wildman–Crippen LogP) is 13.5. The van der Waals surface area contributed by atoms with Crippen molar-refractivity contribution in [3.63, 3.8) is 0 Å². The number of amides is 1. The van der Waals surface area contributed by atoms with E-state index in [9.17, 15) is 19.4 Å². The predicted molar refractivity (Wildman–Crippen MR) is 260 cm³/mol. The first-order valence-corrected chi connectivity index (χ1v) is 25.9. The summed E-state index contributed by atoms with van der Waals surface area (Å²) >= 11 is 0. The van der Waals surface area contributed by atoms with Gasteiger partial charge in [0, 0.05) is 6.42 Å². The molecule has 3 unspecified atom stereocenters. The van der Waals surface area contributed by atoms with Gasteiger partial charge in [0.1, 0.15) is 13.2 Å². The number of rotatable bonds is 43. The maximum atomic E-state index is 12.8. The van der Waals surface area contributed by atoms with Crippen LogP contribution in [0.3, 0.4) is 0 Å². The maximum Gasteiger partial charge on any atom is 0.268 e. The van der Waals surface area contributed by atoms with E-state index in [1.165, 1.54) is 109 Å². The first-order chi connectivity index (χ1) is 29.5. The van der Waals surface area contributed by atoms with E-state index >= 15 is 0 Å². The van der Waals surface area contributed by atoms with Crippen molar-refractivity contribution < 1.29 is 32.9 Å². The lowest BCUT2D eigenvalue weighted by Gasteiger charge is -2.29. The van der Waals surface area contributed by atoms with Gasteiger partial charge in [0.25, 0.3) is 7.82 Å². The Hall–Kier alpha value is -2.32. The Labute approximate surface area is 376 Å². The number of unbranched alkanes of at least 4 members (excludes halogenated alkanes) is 18. The molecule has 0 aliphatic rings. The normalized spacial score (nSPS) is 14.9. The minimum Gasteiger partial charge on any atom is -0.756 e. The largest absolute Gasteiger partial charge is 0.756 e. The number of phosphoric acid groups is 1. The molecule has 0 rings (SSSR count). The van der Waals surface area contributed by atoms with E-state index in [4.69, 9.17) is 9.05 Å². The summed E-state index contributed by atoms with van der Waals surface area (Å²) in [4.78, 5) is 25.3. The molecule has 3 atom stereocenters. The highest BCUT2D eigenvalue weighted by Gasteiger charge is 2.23. The van der Waals surface area contributed by atoms with E-state index in [-0.39, 0.29) is 18.9 Å². The summed E-state index contributed by atoms with van der Waals surface area (Å²) in [5.41, 5.74) is 0. The fourth-order valence-corrected chi connectivity index (χ4v) is 7.21. The zero-order valence-electron chi connectivity index (χ0n) is 39.8. The third-order valence-electron chi connectivity index (χ3n) is 10.3. The molecule has 0 aromatic heterocycles. The number of allylic oxidation sites excluding steroid dienone is 13. The van der Waals surface area contributed by atoms with Gasteiger partial charge < -0.3 is 28.8 Å². The van der Waals surface area contributed by atoms with Gasteiger partial charge in [-0.2, -0.15) is 0 Å². The molecule has 0 heterocycles. The van der Waals surface area contributed by atoms with Gasteiger partial charge in [-0.25, -0.2) is 0 Å². The fraction of sp³-hybridized carbons (Fsp3) is 0.712. The van der Waals surface area contributed by atoms with E-state index in [2.05, 4.69) is 79.9 Å². The molecular weight excluding hydrogens is 780 g/mol. The summed E-state index contributed by atoms with van der Waals surface area (Å²) in [5.74, 6) is -0.294. The molecule has 0 aromatic carbocycles. The number of nitrogens with one attached hydrogen (secondary N) is 1. The van der Waals surface area contributed by atoms with Gasteiger partial charge in [-0.1, -0.05) is 195 Å². The number of quaternary nitrogens is 1. The van der Waals surface area contributed by atoms with Gasteiger partial charge in [-0.15, -0.1) is 0 Å². The zero-order chi connectivity index (χ0) is 45.0. The topological polar surface area (TPSA) is 108 Å². The van der Waals surface area contributed by atoms with Crippen molar-refractivity contribution in [3.8, 4) is 0 Å². The van der Waals surface area contributed by atoms with Crippen molar-refractivity contribution in [2.45, 2.75) is 199 Å². The number of hydrogen-bond donors (Lipinski definition) is 2. The van der Waals surface area contributed by atoms with Gasteiger partial charge in [-0.05, 0) is 70.6 Å². The molecule has 9 heteroatoms. The molecule has 0 aliphatic carbocycles.